The zero-order valence-corrected chi connectivity index (χ0v) is 18.0. The van der Waals surface area contributed by atoms with Crippen LogP contribution in [0.1, 0.15) is 32.6 Å². The Balaban J connectivity index is 1.74. The zero-order chi connectivity index (χ0) is 20.1. The number of unbranched alkanes of at least 4 members (excludes halogenated alkanes) is 2. The van der Waals surface area contributed by atoms with Gasteiger partial charge in [-0.15, -0.1) is 0 Å². The van der Waals surface area contributed by atoms with E-state index in [-0.39, 0.29) is 6.42 Å². The first kappa shape index (κ1) is 20.3. The van der Waals surface area contributed by atoms with Crippen molar-refractivity contribution in [3.05, 3.63) is 41.6 Å². The van der Waals surface area contributed by atoms with E-state index in [0.29, 0.717) is 0 Å². The molecule has 148 valence electrons. The van der Waals surface area contributed by atoms with Gasteiger partial charge in [0.05, 0.1) is 17.1 Å². The Morgan fingerprint density at radius 2 is 2.04 bits per heavy atom. The van der Waals surface area contributed by atoms with Gasteiger partial charge < -0.3 is 10.4 Å². The summed E-state index contributed by atoms with van der Waals surface area (Å²) in [5.41, 5.74) is 4.32. The number of aliphatic imine (C=N–C) groups is 2. The number of carboxylic acid groups (broad SMARTS) is 1. The molecular formula is C22H29N3O2Si. The lowest BCUT2D eigenvalue weighted by atomic mass is 10.1. The van der Waals surface area contributed by atoms with E-state index >= 15 is 0 Å². The van der Waals surface area contributed by atoms with Gasteiger partial charge in [0.25, 0.3) is 0 Å². The highest BCUT2D eigenvalue weighted by molar-refractivity contribution is 7.01. The summed E-state index contributed by atoms with van der Waals surface area (Å²) in [6.07, 6.45) is 9.28. The highest BCUT2D eigenvalue weighted by Crippen LogP contribution is 2.31. The monoisotopic (exact) mass is 395 g/mol. The summed E-state index contributed by atoms with van der Waals surface area (Å²) >= 11 is 0. The van der Waals surface area contributed by atoms with Crippen LogP contribution in [0.5, 0.6) is 0 Å². The molecule has 6 heteroatoms. The summed E-state index contributed by atoms with van der Waals surface area (Å²) in [5.74, 6) is -0.714. The predicted octanol–water partition coefficient (Wildman–Crippen LogP) is 4.24. The quantitative estimate of drug-likeness (QED) is 0.393. The highest BCUT2D eigenvalue weighted by atomic mass is 28.3. The molecular weight excluding hydrogens is 366 g/mol. The largest absolute Gasteiger partial charge is 0.481 e. The van der Waals surface area contributed by atoms with E-state index in [1.54, 1.807) is 0 Å². The molecule has 1 aliphatic heterocycles. The molecule has 0 aromatic heterocycles. The Morgan fingerprint density at radius 3 is 2.79 bits per heavy atom. The van der Waals surface area contributed by atoms with Crippen LogP contribution in [0.25, 0.3) is 0 Å². The topological polar surface area (TPSA) is 74.0 Å². The SMILES string of the molecule is CC/N=C1\C=CC2=Nc3ccc(NCCCCCC(=O)O)cc3[Si](C)(C)C2=C1. The Morgan fingerprint density at radius 1 is 1.21 bits per heavy atom. The second-order valence-corrected chi connectivity index (χ2v) is 12.1. The number of benzene rings is 1. The fourth-order valence-corrected chi connectivity index (χ4v) is 6.61. The molecule has 0 saturated carbocycles. The third-order valence-electron chi connectivity index (χ3n) is 5.30. The minimum Gasteiger partial charge on any atom is -0.481 e. The first-order valence-corrected chi connectivity index (χ1v) is 13.1. The minimum absolute atomic E-state index is 0.256. The molecule has 0 fully saturated rings. The van der Waals surface area contributed by atoms with E-state index in [9.17, 15) is 4.79 Å². The fourth-order valence-electron chi connectivity index (χ4n) is 3.73. The molecule has 0 bridgehead atoms. The van der Waals surface area contributed by atoms with Crippen molar-refractivity contribution in [3.63, 3.8) is 0 Å². The number of hydrogen-bond acceptors (Lipinski definition) is 4. The third-order valence-corrected chi connectivity index (χ3v) is 8.80. The van der Waals surface area contributed by atoms with Crippen molar-refractivity contribution >= 4 is 42.0 Å². The first-order chi connectivity index (χ1) is 13.4. The number of carbonyl (C=O) groups is 1. The van der Waals surface area contributed by atoms with Gasteiger partial charge >= 0.3 is 5.97 Å². The van der Waals surface area contributed by atoms with E-state index in [2.05, 4.69) is 66.8 Å². The van der Waals surface area contributed by atoms with Crippen LogP contribution in [0.15, 0.2) is 51.6 Å². The fraction of sp³-hybridized carbons (Fsp3) is 0.409. The molecule has 0 spiro atoms. The van der Waals surface area contributed by atoms with Gasteiger partial charge in [0.1, 0.15) is 8.07 Å². The van der Waals surface area contributed by atoms with Gasteiger partial charge in [-0.1, -0.05) is 19.5 Å². The normalized spacial score (nSPS) is 18.2. The number of hydrogen-bond donors (Lipinski definition) is 2. The van der Waals surface area contributed by atoms with Crippen molar-refractivity contribution in [2.75, 3.05) is 18.4 Å². The molecule has 1 heterocycles. The molecule has 0 atom stereocenters. The average Bonchev–Trinajstić information content (AvgIpc) is 2.66. The molecule has 1 aromatic rings. The van der Waals surface area contributed by atoms with Gasteiger partial charge in [-0.3, -0.25) is 9.79 Å². The lowest BCUT2D eigenvalue weighted by Crippen LogP contribution is -2.49. The van der Waals surface area contributed by atoms with Gasteiger partial charge in [-0.25, -0.2) is 4.99 Å². The highest BCUT2D eigenvalue weighted by Gasteiger charge is 2.37. The Hall–Kier alpha value is -2.47. The van der Waals surface area contributed by atoms with Crippen molar-refractivity contribution in [3.8, 4) is 0 Å². The van der Waals surface area contributed by atoms with E-state index in [1.807, 2.05) is 0 Å². The minimum atomic E-state index is -1.86. The maximum atomic E-state index is 10.6. The van der Waals surface area contributed by atoms with E-state index in [4.69, 9.17) is 10.1 Å². The van der Waals surface area contributed by atoms with Gasteiger partial charge in [-0.05, 0) is 66.6 Å². The molecule has 1 aliphatic carbocycles. The maximum Gasteiger partial charge on any atom is 0.303 e. The van der Waals surface area contributed by atoms with Gasteiger partial charge in [-0.2, -0.15) is 0 Å². The van der Waals surface area contributed by atoms with Crippen LogP contribution in [0.4, 0.5) is 11.4 Å². The van der Waals surface area contributed by atoms with Crippen LogP contribution < -0.4 is 10.5 Å². The molecule has 0 amide bonds. The van der Waals surface area contributed by atoms with Crippen molar-refractivity contribution < 1.29 is 9.90 Å². The molecule has 2 N–H and O–H groups in total. The number of rotatable bonds is 8. The van der Waals surface area contributed by atoms with E-state index < -0.39 is 14.0 Å². The predicted molar refractivity (Wildman–Crippen MR) is 120 cm³/mol. The summed E-state index contributed by atoms with van der Waals surface area (Å²) in [6, 6.07) is 6.47. The van der Waals surface area contributed by atoms with Crippen molar-refractivity contribution in [2.45, 2.75) is 45.7 Å². The van der Waals surface area contributed by atoms with Crippen molar-refractivity contribution in [2.24, 2.45) is 9.98 Å². The van der Waals surface area contributed by atoms with Crippen LogP contribution in [0.2, 0.25) is 13.1 Å². The Labute approximate surface area is 168 Å². The van der Waals surface area contributed by atoms with Crippen LogP contribution in [0, 0.1) is 0 Å². The number of carboxylic acids is 1. The summed E-state index contributed by atoms with van der Waals surface area (Å²) in [6.45, 7) is 8.46. The van der Waals surface area contributed by atoms with Gasteiger partial charge in [0.15, 0.2) is 0 Å². The van der Waals surface area contributed by atoms with Crippen LogP contribution in [-0.4, -0.2) is 43.7 Å². The van der Waals surface area contributed by atoms with Gasteiger partial charge in [0.2, 0.25) is 0 Å². The molecule has 1 aromatic carbocycles. The Kier molecular flexibility index (Phi) is 6.29. The molecule has 0 radical (unpaired) electrons. The molecule has 3 rings (SSSR count). The van der Waals surface area contributed by atoms with Gasteiger partial charge in [0, 0.05) is 25.2 Å². The molecule has 0 saturated heterocycles. The van der Waals surface area contributed by atoms with Crippen molar-refractivity contribution in [1.29, 1.82) is 0 Å². The molecule has 0 unspecified atom stereocenters. The summed E-state index contributed by atoms with van der Waals surface area (Å²) in [5, 5.41) is 14.9. The Bertz CT molecular complexity index is 882. The van der Waals surface area contributed by atoms with Crippen molar-refractivity contribution in [1.82, 2.24) is 0 Å². The second kappa shape index (κ2) is 8.69. The lowest BCUT2D eigenvalue weighted by molar-refractivity contribution is -0.137. The lowest BCUT2D eigenvalue weighted by Gasteiger charge is -2.33. The zero-order valence-electron chi connectivity index (χ0n) is 17.0. The van der Waals surface area contributed by atoms with E-state index in [1.165, 1.54) is 10.4 Å². The molecule has 5 nitrogen and oxygen atoms in total. The first-order valence-electron chi connectivity index (χ1n) is 10.1. The third kappa shape index (κ3) is 4.50. The number of fused-ring (bicyclic) bond motifs is 2. The number of allylic oxidation sites excluding steroid dienone is 4. The number of aliphatic carboxylic acids is 1. The van der Waals surface area contributed by atoms with Crippen LogP contribution in [-0.2, 0) is 4.79 Å². The summed E-state index contributed by atoms with van der Waals surface area (Å²) in [7, 11) is -1.86. The second-order valence-electron chi connectivity index (χ2n) is 7.78. The molecule has 28 heavy (non-hydrogen) atoms. The smallest absolute Gasteiger partial charge is 0.303 e. The average molecular weight is 396 g/mol. The van der Waals surface area contributed by atoms with E-state index in [0.717, 1.165) is 55.2 Å². The standard InChI is InChI=1S/C22H29N3O2Si/c1-4-23-16-9-11-18-20(14-16)28(2,3)21-15-17(10-12-19(21)25-18)24-13-7-5-6-8-22(26)27/h9-12,14-15,24H,4-8,13H2,1-3H3,(H,26,27)/b23-16+. The molecule has 2 aliphatic rings. The summed E-state index contributed by atoms with van der Waals surface area (Å²) < 4.78 is 0. The number of anilines is 1. The summed E-state index contributed by atoms with van der Waals surface area (Å²) in [4.78, 5) is 20.0. The maximum absolute atomic E-state index is 10.6. The number of nitrogens with one attached hydrogen (secondary N) is 1. The van der Waals surface area contributed by atoms with Crippen LogP contribution >= 0.6 is 0 Å². The number of nitrogens with zero attached hydrogens (tertiary/aromatic N) is 2. The van der Waals surface area contributed by atoms with Crippen LogP contribution in [0.3, 0.4) is 0 Å².